The molecular formula is C25H31F3N4O6. The molecular weight excluding hydrogens is 509 g/mol. The highest BCUT2D eigenvalue weighted by Crippen LogP contribution is 2.36. The van der Waals surface area contributed by atoms with E-state index in [1.165, 1.54) is 18.0 Å². The molecule has 2 saturated heterocycles. The zero-order chi connectivity index (χ0) is 27.0. The summed E-state index contributed by atoms with van der Waals surface area (Å²) >= 11 is 0. The van der Waals surface area contributed by atoms with Gasteiger partial charge in [-0.2, -0.15) is 0 Å². The number of cyclic esters (lactones) is 1. The van der Waals surface area contributed by atoms with Crippen molar-refractivity contribution in [3.05, 3.63) is 35.8 Å². The van der Waals surface area contributed by atoms with Crippen LogP contribution in [0, 0.1) is 17.5 Å². The summed E-state index contributed by atoms with van der Waals surface area (Å²) in [5.74, 6) is -4.34. The molecule has 0 bridgehead atoms. The summed E-state index contributed by atoms with van der Waals surface area (Å²) in [4.78, 5) is 14.4. The molecule has 0 unspecified atom stereocenters. The van der Waals surface area contributed by atoms with Gasteiger partial charge in [0.2, 0.25) is 0 Å². The zero-order valence-electron chi connectivity index (χ0n) is 20.9. The van der Waals surface area contributed by atoms with Gasteiger partial charge in [0.1, 0.15) is 36.2 Å². The first kappa shape index (κ1) is 26.9. The summed E-state index contributed by atoms with van der Waals surface area (Å²) in [6, 6.07) is 0.847. The molecule has 3 fully saturated rings. The van der Waals surface area contributed by atoms with Gasteiger partial charge in [-0.15, -0.1) is 5.10 Å². The highest BCUT2D eigenvalue weighted by atomic mass is 19.2. The van der Waals surface area contributed by atoms with Crippen molar-refractivity contribution >= 4 is 6.09 Å². The average molecular weight is 541 g/mol. The maximum absolute atomic E-state index is 13.8. The Balaban J connectivity index is 1.36. The van der Waals surface area contributed by atoms with Crippen LogP contribution >= 0.6 is 0 Å². The number of hydrogen-bond acceptors (Lipinski definition) is 8. The molecule has 38 heavy (non-hydrogen) atoms. The summed E-state index contributed by atoms with van der Waals surface area (Å²) in [6.45, 7) is -0.0921. The van der Waals surface area contributed by atoms with E-state index < -0.39 is 60.6 Å². The third kappa shape index (κ3) is 5.12. The number of carbonyl (C=O) groups is 1. The molecule has 6 atom stereocenters. The van der Waals surface area contributed by atoms with E-state index in [9.17, 15) is 28.2 Å². The Morgan fingerprint density at radius 1 is 1.13 bits per heavy atom. The second-order valence-electron chi connectivity index (χ2n) is 10.1. The van der Waals surface area contributed by atoms with Crippen molar-refractivity contribution < 1.29 is 42.4 Å². The molecule has 1 amide bonds. The quantitative estimate of drug-likeness (QED) is 0.515. The number of ether oxygens (including phenoxy) is 3. The Labute approximate surface area is 217 Å². The average Bonchev–Trinajstić information content (AvgIpc) is 3.54. The number of amides is 1. The lowest BCUT2D eigenvalue weighted by Gasteiger charge is -2.44. The van der Waals surface area contributed by atoms with Crippen molar-refractivity contribution in [2.75, 3.05) is 20.3 Å². The van der Waals surface area contributed by atoms with Gasteiger partial charge < -0.3 is 29.3 Å². The molecule has 1 aliphatic carbocycles. The van der Waals surface area contributed by atoms with E-state index in [1.54, 1.807) is 4.90 Å². The van der Waals surface area contributed by atoms with Crippen LogP contribution in [0.2, 0.25) is 0 Å². The van der Waals surface area contributed by atoms with Crippen LogP contribution in [0.3, 0.4) is 0 Å². The van der Waals surface area contributed by atoms with Crippen molar-refractivity contribution in [2.24, 2.45) is 0 Å². The number of halogens is 3. The number of aromatic nitrogens is 3. The molecule has 5 rings (SSSR count). The van der Waals surface area contributed by atoms with Crippen molar-refractivity contribution in [3.63, 3.8) is 0 Å². The van der Waals surface area contributed by atoms with Crippen LogP contribution in [0.5, 0.6) is 0 Å². The number of rotatable bonds is 7. The van der Waals surface area contributed by atoms with Gasteiger partial charge in [-0.05, 0) is 25.0 Å². The third-order valence-electron chi connectivity index (χ3n) is 7.74. The lowest BCUT2D eigenvalue weighted by Crippen LogP contribution is -2.57. The van der Waals surface area contributed by atoms with Crippen molar-refractivity contribution in [2.45, 2.75) is 81.1 Å². The predicted octanol–water partition coefficient (Wildman–Crippen LogP) is 2.58. The lowest BCUT2D eigenvalue weighted by atomic mass is 9.89. The highest BCUT2D eigenvalue weighted by Gasteiger charge is 2.49. The van der Waals surface area contributed by atoms with E-state index in [-0.39, 0.29) is 29.8 Å². The summed E-state index contributed by atoms with van der Waals surface area (Å²) in [7, 11) is 1.43. The number of hydrogen-bond donors (Lipinski definition) is 2. The molecule has 2 aliphatic heterocycles. The monoisotopic (exact) mass is 540 g/mol. The first-order valence-corrected chi connectivity index (χ1v) is 12.8. The largest absolute Gasteiger partial charge is 0.444 e. The fourth-order valence-electron chi connectivity index (χ4n) is 5.83. The third-order valence-corrected chi connectivity index (χ3v) is 7.74. The Morgan fingerprint density at radius 3 is 2.50 bits per heavy atom. The van der Waals surface area contributed by atoms with Crippen molar-refractivity contribution in [3.8, 4) is 11.3 Å². The number of aliphatic hydroxyl groups excluding tert-OH is 2. The van der Waals surface area contributed by atoms with Gasteiger partial charge in [-0.1, -0.05) is 24.5 Å². The van der Waals surface area contributed by atoms with E-state index >= 15 is 0 Å². The van der Waals surface area contributed by atoms with E-state index in [0.717, 1.165) is 44.2 Å². The maximum atomic E-state index is 13.8. The number of benzene rings is 1. The molecule has 13 heteroatoms. The molecule has 208 valence electrons. The predicted molar refractivity (Wildman–Crippen MR) is 125 cm³/mol. The van der Waals surface area contributed by atoms with Crippen LogP contribution < -0.4 is 0 Å². The van der Waals surface area contributed by atoms with Crippen LogP contribution in [-0.4, -0.2) is 93.0 Å². The molecule has 2 aromatic rings. The maximum Gasteiger partial charge on any atom is 0.410 e. The Morgan fingerprint density at radius 2 is 1.84 bits per heavy atom. The van der Waals surface area contributed by atoms with Gasteiger partial charge in [0.05, 0.1) is 25.5 Å². The molecule has 3 aliphatic rings. The minimum Gasteiger partial charge on any atom is -0.444 e. The second kappa shape index (κ2) is 11.2. The minimum atomic E-state index is -1.59. The van der Waals surface area contributed by atoms with Crippen LogP contribution in [0.4, 0.5) is 18.0 Å². The first-order chi connectivity index (χ1) is 18.3. The fourth-order valence-corrected chi connectivity index (χ4v) is 5.83. The normalized spacial score (nSPS) is 30.6. The summed E-state index contributed by atoms with van der Waals surface area (Å²) < 4.78 is 59.5. The molecule has 1 aromatic heterocycles. The molecule has 2 N–H and O–H groups in total. The summed E-state index contributed by atoms with van der Waals surface area (Å²) in [5, 5.41) is 28.9. The summed E-state index contributed by atoms with van der Waals surface area (Å²) in [5.41, 5.74) is 0.000358. The number of carbonyl (C=O) groups excluding carboxylic acids is 1. The Kier molecular flexibility index (Phi) is 7.89. The lowest BCUT2D eigenvalue weighted by molar-refractivity contribution is -0.217. The Hall–Kier alpha value is -2.74. The summed E-state index contributed by atoms with van der Waals surface area (Å²) in [6.07, 6.45) is 2.20. The zero-order valence-corrected chi connectivity index (χ0v) is 20.9. The molecule has 0 spiro atoms. The van der Waals surface area contributed by atoms with E-state index in [0.29, 0.717) is 6.54 Å². The van der Waals surface area contributed by atoms with Crippen molar-refractivity contribution in [1.82, 2.24) is 19.9 Å². The SMILES string of the molecule is CO[C@@H]1[C@@H](n2cc(-c3cc(F)c(F)c(F)c3)nn2)[C@@H](O)[C@@H](CO)O[C@@H]1C[C@@H]1CN(C2CCCCC2)C(=O)O1. The van der Waals surface area contributed by atoms with E-state index in [4.69, 9.17) is 14.2 Å². The molecule has 1 saturated carbocycles. The van der Waals surface area contributed by atoms with Gasteiger partial charge in [-0.25, -0.2) is 22.6 Å². The number of nitrogens with zero attached hydrogens (tertiary/aromatic N) is 4. The standard InChI is InChI=1S/C25H31F3N4O6/c1-36-24-19(9-15-10-31(25(35)37-15)14-5-3-2-4-6-14)38-20(12-33)23(34)22(24)32-11-18(29-30-32)13-7-16(26)21(28)17(27)8-13/h7-8,11,14-15,19-20,22-24,33-34H,2-6,9-10,12H2,1H3/t15-,19-,20-,22+,23+,24+/m1/s1. The number of methoxy groups -OCH3 is 1. The highest BCUT2D eigenvalue weighted by molar-refractivity contribution is 5.70. The Bertz CT molecular complexity index is 1120. The first-order valence-electron chi connectivity index (χ1n) is 12.8. The molecule has 1 aromatic carbocycles. The fraction of sp³-hybridized carbons (Fsp3) is 0.640. The van der Waals surface area contributed by atoms with Crippen LogP contribution in [-0.2, 0) is 14.2 Å². The topological polar surface area (TPSA) is 119 Å². The molecule has 10 nitrogen and oxygen atoms in total. The minimum absolute atomic E-state index is 0.0425. The second-order valence-corrected chi connectivity index (χ2v) is 10.1. The van der Waals surface area contributed by atoms with E-state index in [1.807, 2.05) is 0 Å². The van der Waals surface area contributed by atoms with Crippen LogP contribution in [0.1, 0.15) is 44.6 Å². The van der Waals surface area contributed by atoms with Crippen LogP contribution in [0.15, 0.2) is 18.3 Å². The van der Waals surface area contributed by atoms with Gasteiger partial charge in [0.25, 0.3) is 0 Å². The smallest absolute Gasteiger partial charge is 0.410 e. The number of aliphatic hydroxyl groups is 2. The van der Waals surface area contributed by atoms with Gasteiger partial charge in [-0.3, -0.25) is 0 Å². The van der Waals surface area contributed by atoms with E-state index in [2.05, 4.69) is 10.3 Å². The van der Waals surface area contributed by atoms with Gasteiger partial charge >= 0.3 is 6.09 Å². The van der Waals surface area contributed by atoms with Gasteiger partial charge in [0.15, 0.2) is 17.5 Å². The van der Waals surface area contributed by atoms with Crippen LogP contribution in [0.25, 0.3) is 11.3 Å². The molecule has 0 radical (unpaired) electrons. The molecule has 3 heterocycles. The van der Waals surface area contributed by atoms with Crippen molar-refractivity contribution in [1.29, 1.82) is 0 Å². The van der Waals surface area contributed by atoms with Gasteiger partial charge in [0, 0.05) is 25.1 Å².